The number of ether oxygens (including phenoxy) is 2. The van der Waals surface area contributed by atoms with E-state index in [1.54, 1.807) is 0 Å². The number of carbonyl (C=O) groups is 1. The van der Waals surface area contributed by atoms with Gasteiger partial charge in [-0.3, -0.25) is 9.10 Å². The molecule has 2 aliphatic rings. The second-order valence-corrected chi connectivity index (χ2v) is 12.8. The Morgan fingerprint density at radius 2 is 1.54 bits per heavy atom. The third-order valence-corrected chi connectivity index (χ3v) is 10.0. The summed E-state index contributed by atoms with van der Waals surface area (Å²) in [5.74, 6) is -0.749. The molecule has 1 saturated heterocycles. The van der Waals surface area contributed by atoms with Crippen LogP contribution in [0, 0.1) is 5.82 Å². The van der Waals surface area contributed by atoms with E-state index in [0.717, 1.165) is 29.3 Å². The van der Waals surface area contributed by atoms with Crippen LogP contribution in [0.15, 0.2) is 76.5 Å². The van der Waals surface area contributed by atoms with Crippen molar-refractivity contribution in [1.82, 2.24) is 4.31 Å². The number of nitrogens with zero attached hydrogens (tertiary/aromatic N) is 2. The lowest BCUT2D eigenvalue weighted by atomic mass is 10.3. The standard InChI is InChI=1S/C26H26FN3O7S2/c27-19-4-3-5-21(16-19)30(39(34,35)23-10-11-24-25(17-23)37-15-14-36-24)18-26(31)28-20-6-8-22(9-7-20)38(32,33)29-12-1-2-13-29/h3-11,16-17H,1-2,12-15,18H2,(H,28,31). The van der Waals surface area contributed by atoms with Gasteiger partial charge in [-0.15, -0.1) is 0 Å². The highest BCUT2D eigenvalue weighted by atomic mass is 32.2. The Bertz CT molecular complexity index is 1590. The Balaban J connectivity index is 1.38. The van der Waals surface area contributed by atoms with Gasteiger partial charge in [-0.2, -0.15) is 4.31 Å². The minimum Gasteiger partial charge on any atom is -0.486 e. The zero-order valence-corrected chi connectivity index (χ0v) is 22.4. The number of halogens is 1. The minimum atomic E-state index is -4.34. The van der Waals surface area contributed by atoms with Crippen molar-refractivity contribution in [2.45, 2.75) is 22.6 Å². The van der Waals surface area contributed by atoms with E-state index in [1.807, 2.05) is 0 Å². The second kappa shape index (κ2) is 10.8. The van der Waals surface area contributed by atoms with Crippen LogP contribution in [0.5, 0.6) is 11.5 Å². The number of hydrogen-bond acceptors (Lipinski definition) is 7. The van der Waals surface area contributed by atoms with Crippen LogP contribution in [0.3, 0.4) is 0 Å². The summed E-state index contributed by atoms with van der Waals surface area (Å²) in [6.45, 7) is 0.849. The van der Waals surface area contributed by atoms with Gasteiger partial charge in [0.2, 0.25) is 15.9 Å². The molecular formula is C26H26FN3O7S2. The van der Waals surface area contributed by atoms with Crippen molar-refractivity contribution in [3.8, 4) is 11.5 Å². The molecular weight excluding hydrogens is 549 g/mol. The average Bonchev–Trinajstić information content (AvgIpc) is 3.48. The summed E-state index contributed by atoms with van der Waals surface area (Å²) < 4.78 is 80.0. The SMILES string of the molecule is O=C(CN(c1cccc(F)c1)S(=O)(=O)c1ccc2c(c1)OCCO2)Nc1ccc(S(=O)(=O)N2CCCC2)cc1. The highest BCUT2D eigenvalue weighted by molar-refractivity contribution is 7.92. The molecule has 10 nitrogen and oxygen atoms in total. The molecule has 1 fully saturated rings. The Morgan fingerprint density at radius 1 is 0.872 bits per heavy atom. The van der Waals surface area contributed by atoms with Crippen molar-refractivity contribution in [2.24, 2.45) is 0 Å². The van der Waals surface area contributed by atoms with Crippen molar-refractivity contribution in [3.05, 3.63) is 72.5 Å². The van der Waals surface area contributed by atoms with E-state index in [4.69, 9.17) is 9.47 Å². The van der Waals surface area contributed by atoms with Crippen LogP contribution in [0.2, 0.25) is 0 Å². The first-order valence-corrected chi connectivity index (χ1v) is 15.1. The Kier molecular flexibility index (Phi) is 7.47. The Labute approximate surface area is 226 Å². The molecule has 206 valence electrons. The van der Waals surface area contributed by atoms with Gasteiger partial charge in [-0.1, -0.05) is 6.07 Å². The van der Waals surface area contributed by atoms with Crippen LogP contribution in [-0.2, 0) is 24.8 Å². The fourth-order valence-electron chi connectivity index (χ4n) is 4.38. The Morgan fingerprint density at radius 3 is 2.23 bits per heavy atom. The summed E-state index contributed by atoms with van der Waals surface area (Å²) in [7, 11) is -7.96. The van der Waals surface area contributed by atoms with Crippen LogP contribution in [0.25, 0.3) is 0 Å². The fraction of sp³-hybridized carbons (Fsp3) is 0.269. The van der Waals surface area contributed by atoms with Crippen molar-refractivity contribution < 1.29 is 35.5 Å². The van der Waals surface area contributed by atoms with Crippen LogP contribution in [0.1, 0.15) is 12.8 Å². The number of carbonyl (C=O) groups excluding carboxylic acids is 1. The van der Waals surface area contributed by atoms with Gasteiger partial charge in [0.15, 0.2) is 11.5 Å². The summed E-state index contributed by atoms with van der Waals surface area (Å²) in [6, 6.07) is 14.6. The van der Waals surface area contributed by atoms with Gasteiger partial charge in [-0.05, 0) is 67.4 Å². The second-order valence-electron chi connectivity index (χ2n) is 8.98. The van der Waals surface area contributed by atoms with Crippen LogP contribution in [0.4, 0.5) is 15.8 Å². The number of nitrogens with one attached hydrogen (secondary N) is 1. The molecule has 0 bridgehead atoms. The molecule has 39 heavy (non-hydrogen) atoms. The maximum absolute atomic E-state index is 14.1. The third-order valence-electron chi connectivity index (χ3n) is 6.33. The zero-order chi connectivity index (χ0) is 27.6. The first-order valence-electron chi connectivity index (χ1n) is 12.2. The van der Waals surface area contributed by atoms with E-state index in [-0.39, 0.29) is 33.5 Å². The van der Waals surface area contributed by atoms with E-state index >= 15 is 0 Å². The number of fused-ring (bicyclic) bond motifs is 1. The van der Waals surface area contributed by atoms with Crippen LogP contribution < -0.4 is 19.1 Å². The normalized spacial score (nSPS) is 15.6. The van der Waals surface area contributed by atoms with Crippen molar-refractivity contribution >= 4 is 37.3 Å². The van der Waals surface area contributed by atoms with Crippen molar-refractivity contribution in [1.29, 1.82) is 0 Å². The molecule has 2 heterocycles. The first kappa shape index (κ1) is 26.9. The number of amides is 1. The predicted molar refractivity (Wildman–Crippen MR) is 141 cm³/mol. The number of rotatable bonds is 8. The number of benzene rings is 3. The molecule has 0 aromatic heterocycles. The van der Waals surface area contributed by atoms with E-state index in [2.05, 4.69) is 5.32 Å². The summed E-state index contributed by atoms with van der Waals surface area (Å²) >= 11 is 0. The molecule has 0 radical (unpaired) electrons. The van der Waals surface area contributed by atoms with Gasteiger partial charge in [0.1, 0.15) is 25.6 Å². The first-order chi connectivity index (χ1) is 18.6. The van der Waals surface area contributed by atoms with Gasteiger partial charge >= 0.3 is 0 Å². The van der Waals surface area contributed by atoms with Gasteiger partial charge in [0, 0.05) is 24.8 Å². The molecule has 0 saturated carbocycles. The maximum atomic E-state index is 14.1. The summed E-state index contributed by atoms with van der Waals surface area (Å²) in [5, 5.41) is 2.59. The lowest BCUT2D eigenvalue weighted by Crippen LogP contribution is -2.38. The summed E-state index contributed by atoms with van der Waals surface area (Å²) in [4.78, 5) is 12.9. The summed E-state index contributed by atoms with van der Waals surface area (Å²) in [6.07, 6.45) is 1.62. The largest absolute Gasteiger partial charge is 0.486 e. The molecule has 0 aliphatic carbocycles. The van der Waals surface area contributed by atoms with Gasteiger partial charge in [-0.25, -0.2) is 21.2 Å². The van der Waals surface area contributed by atoms with Crippen molar-refractivity contribution in [2.75, 3.05) is 42.5 Å². The molecule has 3 aromatic carbocycles. The molecule has 0 atom stereocenters. The number of anilines is 2. The van der Waals surface area contributed by atoms with Crippen LogP contribution >= 0.6 is 0 Å². The zero-order valence-electron chi connectivity index (χ0n) is 20.7. The van der Waals surface area contributed by atoms with Gasteiger partial charge in [0.05, 0.1) is 15.5 Å². The number of sulfonamides is 2. The molecule has 5 rings (SSSR count). The van der Waals surface area contributed by atoms with Crippen LogP contribution in [-0.4, -0.2) is 59.9 Å². The van der Waals surface area contributed by atoms with E-state index < -0.39 is 38.3 Å². The lowest BCUT2D eigenvalue weighted by Gasteiger charge is -2.25. The molecule has 3 aromatic rings. The molecule has 0 unspecified atom stereocenters. The topological polar surface area (TPSA) is 122 Å². The Hall–Kier alpha value is -3.68. The smallest absolute Gasteiger partial charge is 0.264 e. The fourth-order valence-corrected chi connectivity index (χ4v) is 7.32. The van der Waals surface area contributed by atoms with Gasteiger partial charge in [0.25, 0.3) is 10.0 Å². The lowest BCUT2D eigenvalue weighted by molar-refractivity contribution is -0.114. The molecule has 1 N–H and O–H groups in total. The monoisotopic (exact) mass is 575 g/mol. The van der Waals surface area contributed by atoms with Crippen molar-refractivity contribution in [3.63, 3.8) is 0 Å². The molecule has 2 aliphatic heterocycles. The molecule has 1 amide bonds. The van der Waals surface area contributed by atoms with E-state index in [9.17, 15) is 26.0 Å². The molecule has 0 spiro atoms. The maximum Gasteiger partial charge on any atom is 0.264 e. The highest BCUT2D eigenvalue weighted by Gasteiger charge is 2.30. The quantitative estimate of drug-likeness (QED) is 0.438. The third kappa shape index (κ3) is 5.70. The predicted octanol–water partition coefficient (Wildman–Crippen LogP) is 3.22. The number of hydrogen-bond donors (Lipinski definition) is 1. The highest BCUT2D eigenvalue weighted by Crippen LogP contribution is 2.34. The van der Waals surface area contributed by atoms with E-state index in [0.29, 0.717) is 25.4 Å². The molecule has 13 heteroatoms. The van der Waals surface area contributed by atoms with Gasteiger partial charge < -0.3 is 14.8 Å². The average molecular weight is 576 g/mol. The van der Waals surface area contributed by atoms with E-state index in [1.165, 1.54) is 58.9 Å². The minimum absolute atomic E-state index is 0.0490. The summed E-state index contributed by atoms with van der Waals surface area (Å²) in [5.41, 5.74) is 0.225.